The smallest absolute Gasteiger partial charge is 0.376 e. The van der Waals surface area contributed by atoms with Crippen molar-refractivity contribution < 1.29 is 18.3 Å². The molecule has 38 heavy (non-hydrogen) atoms. The van der Waals surface area contributed by atoms with E-state index in [2.05, 4.69) is 38.3 Å². The number of nitrogens with zero attached hydrogens (tertiary/aromatic N) is 3. The molecule has 1 saturated carbocycles. The lowest BCUT2D eigenvalue weighted by atomic mass is 9.93. The monoisotopic (exact) mass is 520 g/mol. The van der Waals surface area contributed by atoms with Crippen molar-refractivity contribution in [3.63, 3.8) is 0 Å². The fourth-order valence-corrected chi connectivity index (χ4v) is 5.96. The number of fused-ring (bicyclic) bond motifs is 2. The third-order valence-corrected chi connectivity index (χ3v) is 8.41. The summed E-state index contributed by atoms with van der Waals surface area (Å²) in [7, 11) is 0. The summed E-state index contributed by atoms with van der Waals surface area (Å²) in [6.07, 6.45) is 4.52. The summed E-state index contributed by atoms with van der Waals surface area (Å²) in [4.78, 5) is 7.23. The third kappa shape index (κ3) is 4.50. The number of alkyl halides is 3. The lowest BCUT2D eigenvalue weighted by Gasteiger charge is -2.26. The molecular formula is C30H31F3N4O. The van der Waals surface area contributed by atoms with Gasteiger partial charge >= 0.3 is 6.18 Å². The largest absolute Gasteiger partial charge is 0.421 e. The van der Waals surface area contributed by atoms with Crippen molar-refractivity contribution in [3.05, 3.63) is 71.4 Å². The van der Waals surface area contributed by atoms with Crippen molar-refractivity contribution >= 4 is 11.0 Å². The summed E-state index contributed by atoms with van der Waals surface area (Å²) in [6.45, 7) is 2.98. The van der Waals surface area contributed by atoms with Crippen LogP contribution in [0.25, 0.3) is 33.4 Å². The molecule has 198 valence electrons. The lowest BCUT2D eigenvalue weighted by Crippen LogP contribution is -2.39. The van der Waals surface area contributed by atoms with Crippen molar-refractivity contribution in [1.29, 1.82) is 0 Å². The highest BCUT2D eigenvalue weighted by molar-refractivity contribution is 5.93. The van der Waals surface area contributed by atoms with Crippen molar-refractivity contribution in [3.8, 4) is 22.4 Å². The molecule has 1 aliphatic heterocycles. The molecule has 0 radical (unpaired) electrons. The zero-order chi connectivity index (χ0) is 26.5. The Balaban J connectivity index is 1.28. The molecule has 2 aromatic heterocycles. The second-order valence-corrected chi connectivity index (χ2v) is 10.8. The molecule has 5 nitrogen and oxygen atoms in total. The van der Waals surface area contributed by atoms with Gasteiger partial charge in [-0.2, -0.15) is 18.3 Å². The zero-order valence-corrected chi connectivity index (χ0v) is 21.4. The van der Waals surface area contributed by atoms with Crippen LogP contribution >= 0.6 is 0 Å². The van der Waals surface area contributed by atoms with Gasteiger partial charge in [-0.3, -0.25) is 10.00 Å². The molecular weight excluding hydrogens is 489 g/mol. The van der Waals surface area contributed by atoms with Gasteiger partial charge in [0.15, 0.2) is 11.2 Å². The van der Waals surface area contributed by atoms with Crippen LogP contribution in [0.15, 0.2) is 54.7 Å². The Bertz CT molecular complexity index is 1450. The summed E-state index contributed by atoms with van der Waals surface area (Å²) in [6, 6.07) is 15.2. The molecule has 0 saturated heterocycles. The number of hydrogen-bond acceptors (Lipinski definition) is 4. The van der Waals surface area contributed by atoms with Crippen molar-refractivity contribution in [2.45, 2.75) is 63.3 Å². The minimum atomic E-state index is -4.77. The lowest BCUT2D eigenvalue weighted by molar-refractivity contribution is -0.258. The molecule has 0 bridgehead atoms. The van der Waals surface area contributed by atoms with Crippen molar-refractivity contribution in [2.24, 2.45) is 0 Å². The SMILES string of the molecule is CC(O)(c1ccc(-c2[nH]nc3ncc(-c4ccc5c(c4)CCN(C4CCCC4)CC5)cc23)cc1)C(F)(F)F. The fraction of sp³-hybridized carbons (Fsp3) is 0.400. The Morgan fingerprint density at radius 2 is 1.58 bits per heavy atom. The molecule has 1 atom stereocenters. The van der Waals surface area contributed by atoms with E-state index < -0.39 is 11.8 Å². The first-order valence-corrected chi connectivity index (χ1v) is 13.3. The van der Waals surface area contributed by atoms with Gasteiger partial charge in [-0.25, -0.2) is 4.98 Å². The van der Waals surface area contributed by atoms with Crippen LogP contribution in [0.2, 0.25) is 0 Å². The van der Waals surface area contributed by atoms with Crippen LogP contribution in [-0.4, -0.2) is 50.5 Å². The normalized spacial score (nSPS) is 18.9. The Morgan fingerprint density at radius 3 is 2.29 bits per heavy atom. The first-order valence-electron chi connectivity index (χ1n) is 13.3. The summed E-state index contributed by atoms with van der Waals surface area (Å²) >= 11 is 0. The van der Waals surface area contributed by atoms with Gasteiger partial charge in [0, 0.05) is 41.8 Å². The predicted molar refractivity (Wildman–Crippen MR) is 142 cm³/mol. The Hall–Kier alpha value is -3.23. The molecule has 8 heteroatoms. The average Bonchev–Trinajstić information content (AvgIpc) is 3.54. The average molecular weight is 521 g/mol. The highest BCUT2D eigenvalue weighted by atomic mass is 19.4. The van der Waals surface area contributed by atoms with Crippen LogP contribution < -0.4 is 0 Å². The first-order chi connectivity index (χ1) is 18.2. The molecule has 0 amide bonds. The first kappa shape index (κ1) is 25.1. The van der Waals surface area contributed by atoms with Crippen LogP contribution in [-0.2, 0) is 18.4 Å². The van der Waals surface area contributed by atoms with Crippen LogP contribution in [0, 0.1) is 0 Å². The summed E-state index contributed by atoms with van der Waals surface area (Å²) < 4.78 is 39.7. The quantitative estimate of drug-likeness (QED) is 0.327. The van der Waals surface area contributed by atoms with E-state index in [-0.39, 0.29) is 5.56 Å². The summed E-state index contributed by atoms with van der Waals surface area (Å²) in [5, 5.41) is 18.1. The van der Waals surface area contributed by atoms with Crippen molar-refractivity contribution in [1.82, 2.24) is 20.1 Å². The second kappa shape index (κ2) is 9.50. The maximum atomic E-state index is 13.2. The standard InChI is InChI=1S/C30H31F3N4O/c1-29(38,30(31,32)33)24-10-8-20(9-11-24)27-26-17-23(18-34-28(26)36-35-27)21-7-6-19-12-14-37(15-13-22(19)16-21)25-4-2-3-5-25/h6-11,16-18,25,38H,2-5,12-15H2,1H3,(H,34,35,36). The summed E-state index contributed by atoms with van der Waals surface area (Å²) in [5.74, 6) is 0. The van der Waals surface area contributed by atoms with Crippen LogP contribution in [0.1, 0.15) is 49.3 Å². The molecule has 2 aromatic carbocycles. The number of halogens is 3. The van der Waals surface area contributed by atoms with Gasteiger partial charge in [0.25, 0.3) is 0 Å². The second-order valence-electron chi connectivity index (χ2n) is 10.8. The highest BCUT2D eigenvalue weighted by Crippen LogP contribution is 2.39. The van der Waals surface area contributed by atoms with Gasteiger partial charge < -0.3 is 5.11 Å². The molecule has 2 N–H and O–H groups in total. The number of aromatic amines is 1. The molecule has 1 fully saturated rings. The predicted octanol–water partition coefficient (Wildman–Crippen LogP) is 6.40. The molecule has 6 rings (SSSR count). The number of pyridine rings is 1. The van der Waals surface area contributed by atoms with Gasteiger partial charge in [-0.05, 0) is 60.9 Å². The van der Waals surface area contributed by atoms with Crippen molar-refractivity contribution in [2.75, 3.05) is 13.1 Å². The Labute approximate surface area is 219 Å². The Morgan fingerprint density at radius 1 is 0.895 bits per heavy atom. The van der Waals surface area contributed by atoms with Gasteiger partial charge in [-0.1, -0.05) is 55.3 Å². The van der Waals surface area contributed by atoms with E-state index in [4.69, 9.17) is 0 Å². The number of H-pyrrole nitrogens is 1. The maximum absolute atomic E-state index is 13.2. The zero-order valence-electron chi connectivity index (χ0n) is 21.4. The van der Waals surface area contributed by atoms with Crippen LogP contribution in [0.3, 0.4) is 0 Å². The molecule has 1 aliphatic carbocycles. The minimum absolute atomic E-state index is 0.215. The number of aliphatic hydroxyl groups is 1. The molecule has 1 unspecified atom stereocenters. The number of rotatable bonds is 4. The number of nitrogens with one attached hydrogen (secondary N) is 1. The number of hydrogen-bond donors (Lipinski definition) is 2. The molecule has 3 heterocycles. The number of aromatic nitrogens is 3. The van der Waals surface area contributed by atoms with E-state index in [9.17, 15) is 18.3 Å². The van der Waals surface area contributed by atoms with E-state index in [0.29, 0.717) is 16.9 Å². The van der Waals surface area contributed by atoms with E-state index in [0.717, 1.165) is 55.4 Å². The van der Waals surface area contributed by atoms with Gasteiger partial charge in [0.1, 0.15) is 0 Å². The number of benzene rings is 2. The van der Waals surface area contributed by atoms with Crippen LogP contribution in [0.4, 0.5) is 13.2 Å². The Kier molecular flexibility index (Phi) is 6.27. The van der Waals surface area contributed by atoms with E-state index >= 15 is 0 Å². The van der Waals surface area contributed by atoms with Gasteiger partial charge in [-0.15, -0.1) is 0 Å². The molecule has 2 aliphatic rings. The van der Waals surface area contributed by atoms with Gasteiger partial charge in [0.05, 0.1) is 5.69 Å². The van der Waals surface area contributed by atoms with E-state index in [1.54, 1.807) is 12.1 Å². The third-order valence-electron chi connectivity index (χ3n) is 8.41. The highest BCUT2D eigenvalue weighted by Gasteiger charge is 2.51. The fourth-order valence-electron chi connectivity index (χ4n) is 5.96. The van der Waals surface area contributed by atoms with E-state index in [1.165, 1.54) is 48.9 Å². The summed E-state index contributed by atoms with van der Waals surface area (Å²) in [5.41, 5.74) is 3.62. The molecule has 0 spiro atoms. The maximum Gasteiger partial charge on any atom is 0.421 e. The van der Waals surface area contributed by atoms with E-state index in [1.807, 2.05) is 12.3 Å². The van der Waals surface area contributed by atoms with Gasteiger partial charge in [0.2, 0.25) is 0 Å². The molecule has 4 aromatic rings. The van der Waals surface area contributed by atoms with Crippen LogP contribution in [0.5, 0.6) is 0 Å². The topological polar surface area (TPSA) is 65.0 Å². The minimum Gasteiger partial charge on any atom is -0.376 e.